The van der Waals surface area contributed by atoms with Gasteiger partial charge in [-0.3, -0.25) is 15.1 Å². The van der Waals surface area contributed by atoms with Crippen molar-refractivity contribution >= 4 is 17.3 Å². The van der Waals surface area contributed by atoms with E-state index in [4.69, 9.17) is 16.3 Å². The second kappa shape index (κ2) is 4.97. The van der Waals surface area contributed by atoms with E-state index in [0.29, 0.717) is 5.02 Å². The van der Waals surface area contributed by atoms with Crippen molar-refractivity contribution in [2.45, 2.75) is 0 Å². The number of rotatable bonds is 3. The zero-order valence-electron chi connectivity index (χ0n) is 8.84. The van der Waals surface area contributed by atoms with Crippen LogP contribution in [0.2, 0.25) is 5.02 Å². The summed E-state index contributed by atoms with van der Waals surface area (Å²) in [6.45, 7) is 0. The first-order valence-electron chi connectivity index (χ1n) is 4.78. The van der Waals surface area contributed by atoms with E-state index < -0.39 is 10.7 Å². The summed E-state index contributed by atoms with van der Waals surface area (Å²) in [5.74, 6) is -0.484. The van der Waals surface area contributed by atoms with Gasteiger partial charge in [-0.15, -0.1) is 0 Å². The molecule has 1 heterocycles. The van der Waals surface area contributed by atoms with Gasteiger partial charge in [0.2, 0.25) is 0 Å². The zero-order valence-corrected chi connectivity index (χ0v) is 9.60. The zero-order chi connectivity index (χ0) is 13.1. The molecule has 7 heteroatoms. The van der Waals surface area contributed by atoms with E-state index >= 15 is 0 Å². The number of hydrogen-bond acceptors (Lipinski definition) is 4. The molecule has 0 amide bonds. The molecule has 0 spiro atoms. The van der Waals surface area contributed by atoms with Gasteiger partial charge in [0.05, 0.1) is 28.3 Å². The molecule has 92 valence electrons. The van der Waals surface area contributed by atoms with Gasteiger partial charge in [-0.25, -0.2) is 4.39 Å². The number of ether oxygens (including phenoxy) is 1. The maximum absolute atomic E-state index is 13.1. The van der Waals surface area contributed by atoms with Gasteiger partial charge in [0.25, 0.3) is 5.69 Å². The minimum Gasteiger partial charge on any atom is -0.455 e. The fourth-order valence-corrected chi connectivity index (χ4v) is 1.46. The number of halogens is 2. The smallest absolute Gasteiger partial charge is 0.276 e. The second-order valence-corrected chi connectivity index (χ2v) is 3.78. The number of aromatic nitrogens is 1. The highest BCUT2D eigenvalue weighted by atomic mass is 35.5. The highest BCUT2D eigenvalue weighted by Gasteiger charge is 2.11. The molecule has 0 saturated heterocycles. The number of benzene rings is 1. The molecule has 0 bridgehead atoms. The van der Waals surface area contributed by atoms with Crippen LogP contribution in [0.4, 0.5) is 10.1 Å². The molecule has 0 aliphatic rings. The maximum atomic E-state index is 13.1. The summed E-state index contributed by atoms with van der Waals surface area (Å²) in [6.07, 6.45) is 2.77. The van der Waals surface area contributed by atoms with Gasteiger partial charge >= 0.3 is 0 Å². The van der Waals surface area contributed by atoms with Crippen molar-refractivity contribution in [3.8, 4) is 11.5 Å². The summed E-state index contributed by atoms with van der Waals surface area (Å²) in [5, 5.41) is 10.9. The van der Waals surface area contributed by atoms with Crippen LogP contribution in [0.25, 0.3) is 0 Å². The summed E-state index contributed by atoms with van der Waals surface area (Å²) >= 11 is 5.70. The first-order valence-corrected chi connectivity index (χ1v) is 5.16. The molecular weight excluding hydrogens is 263 g/mol. The van der Waals surface area contributed by atoms with Gasteiger partial charge in [0.1, 0.15) is 17.3 Å². The van der Waals surface area contributed by atoms with Crippen LogP contribution in [-0.2, 0) is 0 Å². The Bertz CT molecular complexity index is 607. The average Bonchev–Trinajstić information content (AvgIpc) is 2.28. The summed E-state index contributed by atoms with van der Waals surface area (Å²) < 4.78 is 18.4. The Hall–Kier alpha value is -2.21. The van der Waals surface area contributed by atoms with Crippen LogP contribution in [0, 0.1) is 15.9 Å². The van der Waals surface area contributed by atoms with Crippen LogP contribution in [-0.4, -0.2) is 9.91 Å². The fraction of sp³-hybridized carbons (Fsp3) is 0. The molecule has 5 nitrogen and oxygen atoms in total. The number of pyridine rings is 1. The van der Waals surface area contributed by atoms with Gasteiger partial charge in [-0.2, -0.15) is 0 Å². The lowest BCUT2D eigenvalue weighted by atomic mass is 10.3. The van der Waals surface area contributed by atoms with Crippen LogP contribution < -0.4 is 4.74 Å². The maximum Gasteiger partial charge on any atom is 0.276 e. The first kappa shape index (κ1) is 12.3. The summed E-state index contributed by atoms with van der Waals surface area (Å²) in [4.78, 5) is 13.6. The van der Waals surface area contributed by atoms with Crippen LogP contribution in [0.3, 0.4) is 0 Å². The van der Waals surface area contributed by atoms with E-state index in [1.165, 1.54) is 18.5 Å². The minimum atomic E-state index is -0.755. The molecule has 0 atom stereocenters. The number of non-ortho nitro benzene ring substituents is 1. The molecule has 1 aromatic heterocycles. The van der Waals surface area contributed by atoms with Crippen LogP contribution in [0.1, 0.15) is 0 Å². The Morgan fingerprint density at radius 1 is 1.22 bits per heavy atom. The van der Waals surface area contributed by atoms with Crippen molar-refractivity contribution in [2.24, 2.45) is 0 Å². The van der Waals surface area contributed by atoms with E-state index in [0.717, 1.165) is 18.2 Å². The quantitative estimate of drug-likeness (QED) is 0.630. The van der Waals surface area contributed by atoms with Crippen molar-refractivity contribution in [2.75, 3.05) is 0 Å². The predicted octanol–water partition coefficient (Wildman–Crippen LogP) is 3.57. The Morgan fingerprint density at radius 3 is 2.67 bits per heavy atom. The number of nitro benzene ring substituents is 1. The van der Waals surface area contributed by atoms with Crippen molar-refractivity contribution < 1.29 is 14.1 Å². The fourth-order valence-electron chi connectivity index (χ4n) is 1.30. The minimum absolute atomic E-state index is 0.00534. The van der Waals surface area contributed by atoms with Gasteiger partial charge in [-0.1, -0.05) is 11.6 Å². The molecule has 0 N–H and O–H groups in total. The van der Waals surface area contributed by atoms with Crippen LogP contribution >= 0.6 is 11.6 Å². The lowest BCUT2D eigenvalue weighted by molar-refractivity contribution is -0.385. The molecule has 1 aromatic carbocycles. The van der Waals surface area contributed by atoms with Gasteiger partial charge in [-0.05, 0) is 0 Å². The standard InChI is InChI=1S/C11H6ClFN2O3/c12-7-1-11(6-14-5-7)18-10-3-8(13)2-9(4-10)15(16)17/h1-6H. The van der Waals surface area contributed by atoms with Crippen LogP contribution in [0.15, 0.2) is 36.7 Å². The highest BCUT2D eigenvalue weighted by Crippen LogP contribution is 2.27. The number of hydrogen-bond donors (Lipinski definition) is 0. The number of nitrogens with zero attached hydrogens (tertiary/aromatic N) is 2. The SMILES string of the molecule is O=[N+]([O-])c1cc(F)cc(Oc2cncc(Cl)c2)c1. The predicted molar refractivity (Wildman–Crippen MR) is 62.4 cm³/mol. The molecule has 2 rings (SSSR count). The van der Waals surface area contributed by atoms with E-state index in [1.54, 1.807) is 0 Å². The van der Waals surface area contributed by atoms with Crippen molar-refractivity contribution in [1.29, 1.82) is 0 Å². The van der Waals surface area contributed by atoms with Gasteiger partial charge in [0, 0.05) is 18.3 Å². The van der Waals surface area contributed by atoms with E-state index in [2.05, 4.69) is 4.98 Å². The van der Waals surface area contributed by atoms with Crippen molar-refractivity contribution in [1.82, 2.24) is 4.98 Å². The van der Waals surface area contributed by atoms with Gasteiger partial charge < -0.3 is 4.74 Å². The third-order valence-corrected chi connectivity index (χ3v) is 2.19. The summed E-state index contributed by atoms with van der Waals surface area (Å²) in [6, 6.07) is 4.42. The third kappa shape index (κ3) is 2.92. The van der Waals surface area contributed by atoms with Crippen LogP contribution in [0.5, 0.6) is 11.5 Å². The van der Waals surface area contributed by atoms with Gasteiger partial charge in [0.15, 0.2) is 0 Å². The Labute approximate surface area is 106 Å². The Balaban J connectivity index is 2.31. The van der Waals surface area contributed by atoms with E-state index in [-0.39, 0.29) is 17.2 Å². The summed E-state index contributed by atoms with van der Waals surface area (Å²) in [7, 11) is 0. The normalized spacial score (nSPS) is 10.1. The van der Waals surface area contributed by atoms with Crippen molar-refractivity contribution in [3.63, 3.8) is 0 Å². The third-order valence-electron chi connectivity index (χ3n) is 1.98. The molecule has 0 unspecified atom stereocenters. The summed E-state index contributed by atoms with van der Waals surface area (Å²) in [5.41, 5.74) is -0.389. The molecule has 0 saturated carbocycles. The first-order chi connectivity index (χ1) is 8.54. The topological polar surface area (TPSA) is 65.3 Å². The van der Waals surface area contributed by atoms with E-state index in [9.17, 15) is 14.5 Å². The molecule has 2 aromatic rings. The lowest BCUT2D eigenvalue weighted by Gasteiger charge is -2.05. The Kier molecular flexibility index (Phi) is 3.38. The number of nitro groups is 1. The Morgan fingerprint density at radius 2 is 2.00 bits per heavy atom. The lowest BCUT2D eigenvalue weighted by Crippen LogP contribution is -1.92. The monoisotopic (exact) mass is 268 g/mol. The second-order valence-electron chi connectivity index (χ2n) is 3.34. The highest BCUT2D eigenvalue weighted by molar-refractivity contribution is 6.30. The largest absolute Gasteiger partial charge is 0.455 e. The molecule has 0 radical (unpaired) electrons. The molecular formula is C11H6ClFN2O3. The average molecular weight is 269 g/mol. The van der Waals surface area contributed by atoms with Crippen molar-refractivity contribution in [3.05, 3.63) is 57.6 Å². The molecule has 0 aliphatic carbocycles. The molecule has 0 fully saturated rings. The van der Waals surface area contributed by atoms with E-state index in [1.807, 2.05) is 0 Å². The molecule has 18 heavy (non-hydrogen) atoms. The molecule has 0 aliphatic heterocycles.